The Balaban J connectivity index is 1.90. The zero-order chi connectivity index (χ0) is 23.1. The predicted molar refractivity (Wildman–Crippen MR) is 93.1 cm³/mol. The maximum Gasteiger partial charge on any atom is 0.306 e. The lowest BCUT2D eigenvalue weighted by atomic mass is 9.79. The number of hydrogen-bond acceptors (Lipinski definition) is 5. The molecular formula is C19H27NO5. The van der Waals surface area contributed by atoms with E-state index in [1.807, 2.05) is 0 Å². The second-order valence-corrected chi connectivity index (χ2v) is 7.00. The summed E-state index contributed by atoms with van der Waals surface area (Å²) in [5.74, 6) is -1.99. The summed E-state index contributed by atoms with van der Waals surface area (Å²) in [5.41, 5.74) is 1.56. The molecule has 0 saturated carbocycles. The van der Waals surface area contributed by atoms with Crippen LogP contribution >= 0.6 is 0 Å². The normalized spacial score (nSPS) is 31.7. The summed E-state index contributed by atoms with van der Waals surface area (Å²) >= 11 is 0. The van der Waals surface area contributed by atoms with E-state index >= 15 is 0 Å². The molecule has 0 spiro atoms. The molecule has 0 radical (unpaired) electrons. The second kappa shape index (κ2) is 7.22. The highest BCUT2D eigenvalue weighted by Gasteiger charge is 2.39. The standard InChI is InChI=1S/C19H27NO5/c1-11(19(22)23)6-13-10-20-5-4-12-7-17(24-2)18(25-3)8-14(12)15(20)9-16(13)21/h7-8,11,13,15-16,21H,4-6,9-10H2,1-3H3,(H,22,23)/t11-,13-,15-,16?/m0/s1/i2D3,3D3. The number of benzene rings is 1. The molecule has 0 aromatic heterocycles. The summed E-state index contributed by atoms with van der Waals surface area (Å²) in [7, 11) is -5.56. The molecule has 25 heavy (non-hydrogen) atoms. The Kier molecular flexibility index (Phi) is 3.39. The summed E-state index contributed by atoms with van der Waals surface area (Å²) in [6, 6.07) is 2.79. The zero-order valence-corrected chi connectivity index (χ0v) is 14.1. The fourth-order valence-corrected chi connectivity index (χ4v) is 4.05. The number of aliphatic hydroxyl groups excluding tert-OH is 1. The van der Waals surface area contributed by atoms with Crippen molar-refractivity contribution >= 4 is 5.97 Å². The Morgan fingerprint density at radius 3 is 2.80 bits per heavy atom. The molecule has 0 bridgehead atoms. The Bertz CT molecular complexity index is 827. The van der Waals surface area contributed by atoms with Crippen molar-refractivity contribution in [3.8, 4) is 11.5 Å². The van der Waals surface area contributed by atoms with Gasteiger partial charge in [-0.05, 0) is 48.4 Å². The van der Waals surface area contributed by atoms with Gasteiger partial charge in [-0.2, -0.15) is 0 Å². The average molecular weight is 355 g/mol. The number of fused-ring (bicyclic) bond motifs is 3. The van der Waals surface area contributed by atoms with Crippen LogP contribution in [0.2, 0.25) is 0 Å². The van der Waals surface area contributed by atoms with Crippen LogP contribution in [0.15, 0.2) is 12.1 Å². The van der Waals surface area contributed by atoms with Gasteiger partial charge in [0.05, 0.1) is 34.3 Å². The topological polar surface area (TPSA) is 79.2 Å². The number of ether oxygens (including phenoxy) is 2. The van der Waals surface area contributed by atoms with Crippen molar-refractivity contribution in [1.29, 1.82) is 0 Å². The predicted octanol–water partition coefficient (Wildman–Crippen LogP) is 2.09. The third-order valence-electron chi connectivity index (χ3n) is 5.45. The molecule has 4 atom stereocenters. The minimum Gasteiger partial charge on any atom is -0.493 e. The Labute approximate surface area is 156 Å². The number of methoxy groups -OCH3 is 2. The lowest BCUT2D eigenvalue weighted by Crippen LogP contribution is -2.48. The molecule has 2 aliphatic rings. The smallest absolute Gasteiger partial charge is 0.306 e. The number of nitrogens with zero attached hydrogens (tertiary/aromatic N) is 1. The number of carbonyl (C=O) groups is 1. The van der Waals surface area contributed by atoms with Crippen LogP contribution in [-0.2, 0) is 11.2 Å². The second-order valence-electron chi connectivity index (χ2n) is 7.00. The maximum atomic E-state index is 11.2. The summed E-state index contributed by atoms with van der Waals surface area (Å²) in [6.45, 7) is 2.79. The number of carboxylic acid groups (broad SMARTS) is 1. The van der Waals surface area contributed by atoms with Gasteiger partial charge < -0.3 is 19.7 Å². The van der Waals surface area contributed by atoms with Crippen molar-refractivity contribution in [2.75, 3.05) is 27.2 Å². The molecular weight excluding hydrogens is 322 g/mol. The Morgan fingerprint density at radius 2 is 2.12 bits per heavy atom. The molecule has 2 N–H and O–H groups in total. The molecule has 1 unspecified atom stereocenters. The van der Waals surface area contributed by atoms with Gasteiger partial charge in [-0.15, -0.1) is 0 Å². The van der Waals surface area contributed by atoms with Crippen molar-refractivity contribution in [2.24, 2.45) is 11.8 Å². The highest BCUT2D eigenvalue weighted by Crippen LogP contribution is 2.43. The van der Waals surface area contributed by atoms with E-state index < -0.39 is 32.1 Å². The van der Waals surface area contributed by atoms with Gasteiger partial charge in [0, 0.05) is 19.1 Å². The number of aliphatic carboxylic acids is 1. The Morgan fingerprint density at radius 1 is 1.40 bits per heavy atom. The fraction of sp³-hybridized carbons (Fsp3) is 0.632. The first-order valence-corrected chi connectivity index (χ1v) is 8.43. The fourth-order valence-electron chi connectivity index (χ4n) is 4.05. The molecule has 6 nitrogen and oxygen atoms in total. The van der Waals surface area contributed by atoms with Crippen LogP contribution in [0.3, 0.4) is 0 Å². The third kappa shape index (κ3) is 3.46. The van der Waals surface area contributed by atoms with Crippen LogP contribution in [0.25, 0.3) is 0 Å². The summed E-state index contributed by atoms with van der Waals surface area (Å²) in [5, 5.41) is 19.9. The highest BCUT2D eigenvalue weighted by atomic mass is 16.5. The molecule has 6 heteroatoms. The molecule has 1 aromatic rings. The van der Waals surface area contributed by atoms with Gasteiger partial charge in [-0.3, -0.25) is 9.69 Å². The van der Waals surface area contributed by atoms with Gasteiger partial charge in [-0.25, -0.2) is 0 Å². The number of hydrogen-bond donors (Lipinski definition) is 2. The molecule has 1 saturated heterocycles. The molecule has 2 aliphatic heterocycles. The van der Waals surface area contributed by atoms with Crippen molar-refractivity contribution in [1.82, 2.24) is 4.90 Å². The number of carboxylic acids is 1. The minimum absolute atomic E-state index is 0.159. The first-order chi connectivity index (χ1) is 14.2. The van der Waals surface area contributed by atoms with Crippen LogP contribution in [0, 0.1) is 11.8 Å². The number of rotatable bonds is 5. The minimum atomic E-state index is -2.79. The van der Waals surface area contributed by atoms with E-state index in [4.69, 9.17) is 17.7 Å². The van der Waals surface area contributed by atoms with Crippen molar-refractivity contribution < 1.29 is 32.7 Å². The van der Waals surface area contributed by atoms with Crippen LogP contribution in [-0.4, -0.2) is 54.4 Å². The quantitative estimate of drug-likeness (QED) is 0.842. The van der Waals surface area contributed by atoms with Crippen LogP contribution in [0.5, 0.6) is 11.5 Å². The maximum absolute atomic E-state index is 11.2. The summed E-state index contributed by atoms with van der Waals surface area (Å²) in [6.07, 6.45) is 0.593. The first-order valence-electron chi connectivity index (χ1n) is 11.4. The number of piperidine rings is 1. The third-order valence-corrected chi connectivity index (χ3v) is 5.45. The molecule has 0 amide bonds. The van der Waals surface area contributed by atoms with Gasteiger partial charge in [-0.1, -0.05) is 6.92 Å². The largest absolute Gasteiger partial charge is 0.493 e. The number of aliphatic hydroxyl groups is 1. The molecule has 0 aliphatic carbocycles. The van der Waals surface area contributed by atoms with Crippen LogP contribution in [0.4, 0.5) is 0 Å². The molecule has 1 aromatic carbocycles. The lowest BCUT2D eigenvalue weighted by molar-refractivity contribution is -0.142. The van der Waals surface area contributed by atoms with Crippen molar-refractivity contribution in [3.05, 3.63) is 23.3 Å². The van der Waals surface area contributed by atoms with Crippen molar-refractivity contribution in [3.63, 3.8) is 0 Å². The lowest BCUT2D eigenvalue weighted by Gasteiger charge is -2.46. The molecule has 138 valence electrons. The zero-order valence-electron chi connectivity index (χ0n) is 20.1. The average Bonchev–Trinajstić information content (AvgIpc) is 2.60. The molecule has 2 heterocycles. The van der Waals surface area contributed by atoms with E-state index in [-0.39, 0.29) is 23.5 Å². The van der Waals surface area contributed by atoms with Crippen molar-refractivity contribution in [2.45, 2.75) is 38.3 Å². The van der Waals surface area contributed by atoms with E-state index in [0.717, 1.165) is 11.1 Å². The van der Waals surface area contributed by atoms with Crippen LogP contribution < -0.4 is 9.47 Å². The van der Waals surface area contributed by atoms with E-state index in [1.54, 1.807) is 6.92 Å². The van der Waals surface area contributed by atoms with Gasteiger partial charge in [0.15, 0.2) is 11.5 Å². The van der Waals surface area contributed by atoms with Gasteiger partial charge in [0.2, 0.25) is 0 Å². The van der Waals surface area contributed by atoms with E-state index in [1.165, 1.54) is 12.1 Å². The van der Waals surface area contributed by atoms with Gasteiger partial charge in [0.25, 0.3) is 0 Å². The highest BCUT2D eigenvalue weighted by molar-refractivity contribution is 5.69. The van der Waals surface area contributed by atoms with E-state index in [2.05, 4.69) is 4.90 Å². The van der Waals surface area contributed by atoms with Gasteiger partial charge in [0.1, 0.15) is 0 Å². The molecule has 3 rings (SSSR count). The molecule has 1 fully saturated rings. The van der Waals surface area contributed by atoms with Crippen LogP contribution in [0.1, 0.15) is 45.2 Å². The Hall–Kier alpha value is -1.79. The first kappa shape index (κ1) is 11.8. The van der Waals surface area contributed by atoms with E-state index in [9.17, 15) is 15.0 Å². The van der Waals surface area contributed by atoms with E-state index in [0.29, 0.717) is 32.4 Å². The van der Waals surface area contributed by atoms with Gasteiger partial charge >= 0.3 is 5.97 Å². The SMILES string of the molecule is [2H]C([2H])([2H])Oc1cc2c(cc1OC([2H])([2H])[2H])[C@@H]1CC(O)[C@@H](C[C@H](C)C(=O)O)CN1CC2. The summed E-state index contributed by atoms with van der Waals surface area (Å²) < 4.78 is 54.3. The summed E-state index contributed by atoms with van der Waals surface area (Å²) in [4.78, 5) is 13.4. The monoisotopic (exact) mass is 355 g/mol.